The summed E-state index contributed by atoms with van der Waals surface area (Å²) in [5.41, 5.74) is 12.9. The van der Waals surface area contributed by atoms with Gasteiger partial charge in [0.05, 0.1) is 15.7 Å². The van der Waals surface area contributed by atoms with E-state index in [2.05, 4.69) is 55.1 Å². The molecule has 0 atom stereocenters. The van der Waals surface area contributed by atoms with E-state index in [9.17, 15) is 0 Å². The summed E-state index contributed by atoms with van der Waals surface area (Å²) in [6.07, 6.45) is 0. The number of hydrogen-bond donors (Lipinski definition) is 3. The summed E-state index contributed by atoms with van der Waals surface area (Å²) < 4.78 is 0. The quantitative estimate of drug-likeness (QED) is 0.379. The molecule has 0 saturated heterocycles. The summed E-state index contributed by atoms with van der Waals surface area (Å²) >= 11 is 11.3. The molecule has 0 aromatic rings. The molecule has 0 fully saturated rings. The van der Waals surface area contributed by atoms with Gasteiger partial charge in [-0.15, -0.1) is 0 Å². The second-order valence-corrected chi connectivity index (χ2v) is 2.16. The summed E-state index contributed by atoms with van der Waals surface area (Å²) in [6.45, 7) is 0. The molecule has 10 heteroatoms. The first-order valence-corrected chi connectivity index (χ1v) is 3.32. The van der Waals surface area contributed by atoms with Crippen LogP contribution in [-0.2, 0) is 57.4 Å². The van der Waals surface area contributed by atoms with Gasteiger partial charge in [0.1, 0.15) is 0 Å². The molecule has 1 radical (unpaired) electrons. The first-order valence-electron chi connectivity index (χ1n) is 2.09. The summed E-state index contributed by atoms with van der Waals surface area (Å²) in [6, 6.07) is 0. The van der Waals surface area contributed by atoms with Crippen molar-refractivity contribution in [2.75, 3.05) is 0 Å². The van der Waals surface area contributed by atoms with Crippen LogP contribution in [0, 0.1) is 0 Å². The minimum absolute atomic E-state index is 0. The van der Waals surface area contributed by atoms with Crippen LogP contribution < -0.4 is 17.2 Å². The second-order valence-electron chi connectivity index (χ2n) is 0.957. The maximum absolute atomic E-state index is 9.04. The minimum Gasteiger partial charge on any atom is -0.719 e. The zero-order chi connectivity index (χ0) is 10.7. The molecule has 3 amide bonds. The zero-order valence-electron chi connectivity index (χ0n) is 6.04. The smallest absolute Gasteiger partial charge is 0.719 e. The van der Waals surface area contributed by atoms with Crippen LogP contribution in [0.3, 0.4) is 0 Å². The van der Waals surface area contributed by atoms with Gasteiger partial charge < -0.3 is 69.5 Å². The molecule has 6 N–H and O–H groups in total. The molecule has 0 aliphatic heterocycles. The molecule has 0 aliphatic carbocycles. The Labute approximate surface area is 104 Å². The number of primary amides is 3. The van der Waals surface area contributed by atoms with Gasteiger partial charge >= 0.3 is 19.5 Å². The average Bonchev–Trinajstić information content (AvgIpc) is 1.54. The van der Waals surface area contributed by atoms with E-state index in [1.165, 1.54) is 0 Å². The van der Waals surface area contributed by atoms with Crippen LogP contribution in [0.2, 0.25) is 0 Å². The molecular formula is C3H6N3O3RuS3. The normalized spacial score (nSPS) is 5.54. The third-order valence-corrected chi connectivity index (χ3v) is 0. The largest absolute Gasteiger partial charge is 3.00 e. The number of carbonyl (C=O) groups excluding carboxylic acids is 3. The Hall–Kier alpha value is -0.307. The molecule has 0 rings (SSSR count). The molecule has 13 heavy (non-hydrogen) atoms. The van der Waals surface area contributed by atoms with Gasteiger partial charge in [0.25, 0.3) is 0 Å². The molecule has 0 unspecified atom stereocenters. The van der Waals surface area contributed by atoms with Crippen LogP contribution >= 0.6 is 0 Å². The monoisotopic (exact) mass is 330 g/mol. The van der Waals surface area contributed by atoms with E-state index >= 15 is 0 Å². The first kappa shape index (κ1) is 23.0. The Morgan fingerprint density at radius 1 is 0.692 bits per heavy atom. The summed E-state index contributed by atoms with van der Waals surface area (Å²) in [5.74, 6) is 0. The van der Waals surface area contributed by atoms with Crippen molar-refractivity contribution in [2.45, 2.75) is 0 Å². The predicted molar refractivity (Wildman–Crippen MR) is 50.8 cm³/mol. The number of hydrogen-bond acceptors (Lipinski definition) is 6. The van der Waals surface area contributed by atoms with E-state index in [4.69, 9.17) is 14.4 Å². The van der Waals surface area contributed by atoms with Gasteiger partial charge in [-0.2, -0.15) is 0 Å². The van der Waals surface area contributed by atoms with Gasteiger partial charge in [0.2, 0.25) is 0 Å². The standard InChI is InChI=1S/3CH3NOS.Ru/c3*2-1(3)4;/h3*(H3,2,3,4);/q;;;+3/p-3. The maximum Gasteiger partial charge on any atom is 3.00 e. The number of nitrogens with two attached hydrogens (primary N) is 3. The zero-order valence-corrected chi connectivity index (χ0v) is 10.2. The van der Waals surface area contributed by atoms with Crippen LogP contribution in [0.1, 0.15) is 0 Å². The Balaban J connectivity index is -0.0000000450. The van der Waals surface area contributed by atoms with Crippen LogP contribution in [0.4, 0.5) is 14.4 Å². The Morgan fingerprint density at radius 2 is 0.692 bits per heavy atom. The molecule has 77 valence electrons. The van der Waals surface area contributed by atoms with Crippen molar-refractivity contribution < 1.29 is 33.9 Å². The van der Waals surface area contributed by atoms with Crippen molar-refractivity contribution in [1.82, 2.24) is 0 Å². The Bertz CT molecular complexity index is 127. The van der Waals surface area contributed by atoms with Crippen LogP contribution in [0.5, 0.6) is 0 Å². The summed E-state index contributed by atoms with van der Waals surface area (Å²) in [5, 5.41) is -2.25. The van der Waals surface area contributed by atoms with Crippen molar-refractivity contribution in [3.63, 3.8) is 0 Å². The van der Waals surface area contributed by atoms with E-state index in [0.717, 1.165) is 0 Å². The topological polar surface area (TPSA) is 129 Å². The van der Waals surface area contributed by atoms with E-state index in [1.54, 1.807) is 0 Å². The molecule has 6 nitrogen and oxygen atoms in total. The summed E-state index contributed by atoms with van der Waals surface area (Å²) in [4.78, 5) is 27.1. The average molecular weight is 329 g/mol. The van der Waals surface area contributed by atoms with Crippen molar-refractivity contribution >= 4 is 53.6 Å². The van der Waals surface area contributed by atoms with E-state index in [1.807, 2.05) is 0 Å². The van der Waals surface area contributed by atoms with Crippen LogP contribution in [0.15, 0.2) is 0 Å². The number of carbonyl (C=O) groups is 3. The molecule has 0 heterocycles. The fraction of sp³-hybridized carbons (Fsp3) is 0. The fourth-order valence-electron chi connectivity index (χ4n) is 0. The van der Waals surface area contributed by atoms with Crippen molar-refractivity contribution in [3.05, 3.63) is 0 Å². The third-order valence-electron chi connectivity index (χ3n) is 0. The Morgan fingerprint density at radius 3 is 0.692 bits per heavy atom. The second kappa shape index (κ2) is 17.7. The fourth-order valence-corrected chi connectivity index (χ4v) is 0. The minimum atomic E-state index is -0.750. The molecule has 0 saturated carbocycles. The van der Waals surface area contributed by atoms with Gasteiger partial charge in [0.15, 0.2) is 0 Å². The van der Waals surface area contributed by atoms with Gasteiger partial charge in [-0.1, -0.05) is 0 Å². The molecule has 0 aliphatic rings. The van der Waals surface area contributed by atoms with Crippen LogP contribution in [-0.4, -0.2) is 15.7 Å². The van der Waals surface area contributed by atoms with Crippen molar-refractivity contribution in [1.29, 1.82) is 0 Å². The number of rotatable bonds is 0. The van der Waals surface area contributed by atoms with Crippen molar-refractivity contribution in [3.8, 4) is 0 Å². The van der Waals surface area contributed by atoms with Gasteiger partial charge in [-0.05, 0) is 0 Å². The summed E-state index contributed by atoms with van der Waals surface area (Å²) in [7, 11) is 0. The molecule has 0 aromatic heterocycles. The van der Waals surface area contributed by atoms with Gasteiger partial charge in [-0.3, -0.25) is 0 Å². The third kappa shape index (κ3) is 11700. The van der Waals surface area contributed by atoms with E-state index < -0.39 is 15.7 Å². The van der Waals surface area contributed by atoms with Crippen molar-refractivity contribution in [2.24, 2.45) is 17.2 Å². The van der Waals surface area contributed by atoms with Gasteiger partial charge in [-0.25, -0.2) is 0 Å². The maximum atomic E-state index is 9.04. The first-order chi connectivity index (χ1) is 5.20. The number of amides is 3. The molecular weight excluding hydrogens is 323 g/mol. The van der Waals surface area contributed by atoms with E-state index in [0.29, 0.717) is 0 Å². The SMILES string of the molecule is NC(=O)[S-].NC(=O)[S-].NC(=O)[S-].[Ru+3]. The Kier molecular flexibility index (Phi) is 31.3. The van der Waals surface area contributed by atoms with Crippen LogP contribution in [0.25, 0.3) is 0 Å². The van der Waals surface area contributed by atoms with E-state index in [-0.39, 0.29) is 19.5 Å². The molecule has 0 bridgehead atoms. The predicted octanol–water partition coefficient (Wildman–Crippen LogP) is -1.17. The molecule has 0 spiro atoms. The molecule has 0 aromatic carbocycles. The van der Waals surface area contributed by atoms with Gasteiger partial charge in [0, 0.05) is 0 Å².